The summed E-state index contributed by atoms with van der Waals surface area (Å²) in [5.41, 5.74) is 9.62. The number of benzene rings is 1. The number of carbonyl (C=O) groups is 1. The molecule has 7 heteroatoms. The molecule has 0 aliphatic heterocycles. The van der Waals surface area contributed by atoms with E-state index in [1.807, 2.05) is 30.3 Å². The van der Waals surface area contributed by atoms with Crippen molar-refractivity contribution in [2.24, 2.45) is 5.11 Å². The molecule has 1 aromatic rings. The SMILES string of the molecule is [N-]=[N+]=NC1CCC(OCc2ccccc2)CC1NC(=O)O. The fourth-order valence-electron chi connectivity index (χ4n) is 2.57. The van der Waals surface area contributed by atoms with Crippen molar-refractivity contribution >= 4 is 6.09 Å². The third kappa shape index (κ3) is 4.66. The lowest BCUT2D eigenvalue weighted by Gasteiger charge is -2.33. The van der Waals surface area contributed by atoms with E-state index in [1.54, 1.807) is 0 Å². The van der Waals surface area contributed by atoms with E-state index in [4.69, 9.17) is 15.4 Å². The minimum Gasteiger partial charge on any atom is -0.465 e. The summed E-state index contributed by atoms with van der Waals surface area (Å²) < 4.78 is 5.84. The predicted molar refractivity (Wildman–Crippen MR) is 76.8 cm³/mol. The maximum absolute atomic E-state index is 10.8. The van der Waals surface area contributed by atoms with Crippen molar-refractivity contribution in [1.82, 2.24) is 5.32 Å². The van der Waals surface area contributed by atoms with E-state index in [0.717, 1.165) is 12.0 Å². The summed E-state index contributed by atoms with van der Waals surface area (Å²) in [5.74, 6) is 0. The molecule has 0 radical (unpaired) electrons. The summed E-state index contributed by atoms with van der Waals surface area (Å²) in [7, 11) is 0. The molecule has 112 valence electrons. The Bertz CT molecular complexity index is 516. The van der Waals surface area contributed by atoms with Gasteiger partial charge < -0.3 is 15.2 Å². The van der Waals surface area contributed by atoms with Crippen LogP contribution in [0.5, 0.6) is 0 Å². The number of amides is 1. The van der Waals surface area contributed by atoms with Crippen molar-refractivity contribution in [3.05, 3.63) is 46.3 Å². The van der Waals surface area contributed by atoms with Crippen molar-refractivity contribution in [3.8, 4) is 0 Å². The second kappa shape index (κ2) is 7.52. The van der Waals surface area contributed by atoms with Crippen LogP contribution in [0.3, 0.4) is 0 Å². The standard InChI is InChI=1S/C14H18N4O3/c15-18-17-12-7-6-11(8-13(12)16-14(19)20)21-9-10-4-2-1-3-5-10/h1-5,11-13,16H,6-9H2,(H,19,20). The quantitative estimate of drug-likeness (QED) is 0.494. The Labute approximate surface area is 122 Å². The fourth-order valence-corrected chi connectivity index (χ4v) is 2.57. The third-order valence-corrected chi connectivity index (χ3v) is 3.60. The molecule has 7 nitrogen and oxygen atoms in total. The molecule has 2 N–H and O–H groups in total. The van der Waals surface area contributed by atoms with Gasteiger partial charge in [-0.15, -0.1) is 0 Å². The maximum atomic E-state index is 10.8. The van der Waals surface area contributed by atoms with E-state index in [-0.39, 0.29) is 12.1 Å². The molecule has 0 heterocycles. The molecule has 0 saturated heterocycles. The van der Waals surface area contributed by atoms with Gasteiger partial charge >= 0.3 is 6.09 Å². The maximum Gasteiger partial charge on any atom is 0.404 e. The summed E-state index contributed by atoms with van der Waals surface area (Å²) in [6.07, 6.45) is 0.750. The van der Waals surface area contributed by atoms with Crippen LogP contribution in [0, 0.1) is 0 Å². The smallest absolute Gasteiger partial charge is 0.404 e. The number of hydrogen-bond acceptors (Lipinski definition) is 3. The number of ether oxygens (including phenoxy) is 1. The molecule has 1 fully saturated rings. The van der Waals surface area contributed by atoms with Crippen LogP contribution in [-0.2, 0) is 11.3 Å². The number of hydrogen-bond donors (Lipinski definition) is 2. The third-order valence-electron chi connectivity index (χ3n) is 3.60. The molecular formula is C14H18N4O3. The summed E-state index contributed by atoms with van der Waals surface area (Å²) in [6.45, 7) is 0.498. The summed E-state index contributed by atoms with van der Waals surface area (Å²) in [6, 6.07) is 9.08. The predicted octanol–water partition coefficient (Wildman–Crippen LogP) is 3.07. The topological polar surface area (TPSA) is 107 Å². The number of carboxylic acid groups (broad SMARTS) is 1. The average molecular weight is 290 g/mol. The van der Waals surface area contributed by atoms with E-state index in [9.17, 15) is 4.79 Å². The highest BCUT2D eigenvalue weighted by Crippen LogP contribution is 2.25. The highest BCUT2D eigenvalue weighted by molar-refractivity contribution is 5.65. The average Bonchev–Trinajstić information content (AvgIpc) is 2.48. The Hall–Kier alpha value is -2.24. The first-order chi connectivity index (χ1) is 10.2. The summed E-state index contributed by atoms with van der Waals surface area (Å²) in [5, 5.41) is 14.9. The summed E-state index contributed by atoms with van der Waals surface area (Å²) >= 11 is 0. The van der Waals surface area contributed by atoms with Gasteiger partial charge in [-0.25, -0.2) is 4.79 Å². The van der Waals surface area contributed by atoms with Gasteiger partial charge in [0.05, 0.1) is 18.8 Å². The van der Waals surface area contributed by atoms with Gasteiger partial charge in [-0.05, 0) is 30.4 Å². The van der Waals surface area contributed by atoms with Crippen molar-refractivity contribution < 1.29 is 14.6 Å². The number of nitrogens with one attached hydrogen (secondary N) is 1. The van der Waals surface area contributed by atoms with Crippen LogP contribution in [0.4, 0.5) is 4.79 Å². The van der Waals surface area contributed by atoms with Gasteiger partial charge in [0.15, 0.2) is 0 Å². The molecule has 1 aliphatic rings. The van der Waals surface area contributed by atoms with Crippen molar-refractivity contribution in [2.75, 3.05) is 0 Å². The number of nitrogens with zero attached hydrogens (tertiary/aromatic N) is 3. The second-order valence-electron chi connectivity index (χ2n) is 5.06. The molecular weight excluding hydrogens is 272 g/mol. The molecule has 2 rings (SSSR count). The van der Waals surface area contributed by atoms with Crippen molar-refractivity contribution in [3.63, 3.8) is 0 Å². The molecule has 3 atom stereocenters. The van der Waals surface area contributed by atoms with E-state index in [1.165, 1.54) is 0 Å². The van der Waals surface area contributed by atoms with E-state index >= 15 is 0 Å². The fraction of sp³-hybridized carbons (Fsp3) is 0.500. The molecule has 1 amide bonds. The van der Waals surface area contributed by atoms with Gasteiger partial charge in [0.25, 0.3) is 0 Å². The van der Waals surface area contributed by atoms with Crippen LogP contribution in [0.1, 0.15) is 24.8 Å². The lowest BCUT2D eigenvalue weighted by molar-refractivity contribution is 0.00509. The molecule has 0 bridgehead atoms. The lowest BCUT2D eigenvalue weighted by Crippen LogP contribution is -2.47. The van der Waals surface area contributed by atoms with Gasteiger partial charge in [0.2, 0.25) is 0 Å². The van der Waals surface area contributed by atoms with E-state index in [2.05, 4.69) is 15.3 Å². The van der Waals surface area contributed by atoms with Crippen molar-refractivity contribution in [1.29, 1.82) is 0 Å². The highest BCUT2D eigenvalue weighted by Gasteiger charge is 2.31. The van der Waals surface area contributed by atoms with E-state index < -0.39 is 12.1 Å². The van der Waals surface area contributed by atoms with Crippen LogP contribution in [-0.4, -0.2) is 29.4 Å². The van der Waals surface area contributed by atoms with Crippen molar-refractivity contribution in [2.45, 2.75) is 44.1 Å². The van der Waals surface area contributed by atoms with Gasteiger partial charge in [0.1, 0.15) is 0 Å². The Morgan fingerprint density at radius 2 is 2.19 bits per heavy atom. The van der Waals surface area contributed by atoms with Crippen LogP contribution in [0.15, 0.2) is 35.4 Å². The van der Waals surface area contributed by atoms with Gasteiger partial charge in [-0.3, -0.25) is 0 Å². The highest BCUT2D eigenvalue weighted by atomic mass is 16.5. The number of rotatable bonds is 5. The van der Waals surface area contributed by atoms with Crippen LogP contribution < -0.4 is 5.32 Å². The number of azide groups is 1. The largest absolute Gasteiger partial charge is 0.465 e. The molecule has 3 unspecified atom stereocenters. The lowest BCUT2D eigenvalue weighted by atomic mass is 9.88. The first-order valence-corrected chi connectivity index (χ1v) is 6.88. The zero-order chi connectivity index (χ0) is 15.1. The van der Waals surface area contributed by atoms with Crippen LogP contribution in [0.2, 0.25) is 0 Å². The van der Waals surface area contributed by atoms with Crippen LogP contribution >= 0.6 is 0 Å². The zero-order valence-corrected chi connectivity index (χ0v) is 11.6. The minimum atomic E-state index is -1.11. The van der Waals surface area contributed by atoms with Crippen LogP contribution in [0.25, 0.3) is 10.4 Å². The Morgan fingerprint density at radius 1 is 1.43 bits per heavy atom. The molecule has 1 saturated carbocycles. The Morgan fingerprint density at radius 3 is 2.86 bits per heavy atom. The van der Waals surface area contributed by atoms with Gasteiger partial charge in [-0.1, -0.05) is 35.4 Å². The first-order valence-electron chi connectivity index (χ1n) is 6.88. The normalized spacial score (nSPS) is 24.9. The molecule has 1 aliphatic carbocycles. The second-order valence-corrected chi connectivity index (χ2v) is 5.06. The van der Waals surface area contributed by atoms with Gasteiger partial charge in [-0.2, -0.15) is 0 Å². The Kier molecular flexibility index (Phi) is 5.43. The zero-order valence-electron chi connectivity index (χ0n) is 11.6. The summed E-state index contributed by atoms with van der Waals surface area (Å²) in [4.78, 5) is 13.6. The Balaban J connectivity index is 1.90. The minimum absolute atomic E-state index is 0.0350. The molecule has 0 aromatic heterocycles. The van der Waals surface area contributed by atoms with Gasteiger partial charge in [0, 0.05) is 11.0 Å². The molecule has 1 aromatic carbocycles. The van der Waals surface area contributed by atoms with E-state index in [0.29, 0.717) is 19.4 Å². The first kappa shape index (κ1) is 15.2. The monoisotopic (exact) mass is 290 g/mol. The molecule has 0 spiro atoms. The molecule has 21 heavy (non-hydrogen) atoms.